The van der Waals surface area contributed by atoms with Gasteiger partial charge in [-0.2, -0.15) is 13.2 Å². The van der Waals surface area contributed by atoms with Crippen molar-refractivity contribution < 1.29 is 22.9 Å². The third kappa shape index (κ3) is 5.68. The third-order valence-corrected chi connectivity index (χ3v) is 4.54. The lowest BCUT2D eigenvalue weighted by molar-refractivity contribution is -0.885. The van der Waals surface area contributed by atoms with Gasteiger partial charge in [0, 0.05) is 16.8 Å². The number of hydrogen-bond acceptors (Lipinski definition) is 1. The lowest BCUT2D eigenvalue weighted by Gasteiger charge is -2.16. The second-order valence-electron chi connectivity index (χ2n) is 6.97. The number of alkyl halides is 3. The molecule has 0 bridgehead atoms. The van der Waals surface area contributed by atoms with E-state index < -0.39 is 11.7 Å². The molecule has 0 aromatic heterocycles. The summed E-state index contributed by atoms with van der Waals surface area (Å²) in [6.45, 7) is 0.649. The zero-order chi connectivity index (χ0) is 20.9. The van der Waals surface area contributed by atoms with E-state index in [-0.39, 0.29) is 12.5 Å². The zero-order valence-electron chi connectivity index (χ0n) is 16.0. The Morgan fingerprint density at radius 1 is 0.897 bits per heavy atom. The fourth-order valence-electron chi connectivity index (χ4n) is 3.15. The van der Waals surface area contributed by atoms with Gasteiger partial charge < -0.3 is 10.2 Å². The van der Waals surface area contributed by atoms with Crippen molar-refractivity contribution in [3.8, 4) is 11.1 Å². The summed E-state index contributed by atoms with van der Waals surface area (Å²) in [6, 6.07) is 22.4. The number of amides is 1. The number of carbonyl (C=O) groups excluding carboxylic acids is 1. The summed E-state index contributed by atoms with van der Waals surface area (Å²) >= 11 is 0. The van der Waals surface area contributed by atoms with Gasteiger partial charge >= 0.3 is 6.18 Å². The van der Waals surface area contributed by atoms with E-state index in [0.717, 1.165) is 39.4 Å². The van der Waals surface area contributed by atoms with Crippen LogP contribution in [0.5, 0.6) is 0 Å². The summed E-state index contributed by atoms with van der Waals surface area (Å²) in [5.74, 6) is -0.155. The number of nitrogens with one attached hydrogen (secondary N) is 2. The van der Waals surface area contributed by atoms with Crippen molar-refractivity contribution in [1.29, 1.82) is 0 Å². The first-order valence-electron chi connectivity index (χ1n) is 9.24. The minimum Gasteiger partial charge on any atom is -0.326 e. The standard InChI is InChI=1S/C23H21F3N2O/c1-28(15-17-11-13-19(14-12-17)23(24,25)26)16-22(29)27-21-10-6-5-9-20(21)18-7-3-2-4-8-18/h2-14H,15-16H2,1H3,(H,27,29)/p+1. The highest BCUT2D eigenvalue weighted by Crippen LogP contribution is 2.29. The Kier molecular flexibility index (Phi) is 6.34. The summed E-state index contributed by atoms with van der Waals surface area (Å²) in [6.07, 6.45) is -4.34. The van der Waals surface area contributed by atoms with Gasteiger partial charge in [-0.15, -0.1) is 0 Å². The summed E-state index contributed by atoms with van der Waals surface area (Å²) in [5.41, 5.74) is 2.74. The number of likely N-dealkylation sites (N-methyl/N-ethyl adjacent to an activating group) is 1. The number of quaternary nitrogens is 1. The van der Waals surface area contributed by atoms with Gasteiger partial charge in [0.15, 0.2) is 6.54 Å². The molecule has 0 aliphatic carbocycles. The molecule has 150 valence electrons. The van der Waals surface area contributed by atoms with Crippen LogP contribution in [0.4, 0.5) is 18.9 Å². The molecule has 0 heterocycles. The van der Waals surface area contributed by atoms with Gasteiger partial charge in [-0.25, -0.2) is 0 Å². The molecular formula is C23H22F3N2O+. The number of benzene rings is 3. The van der Waals surface area contributed by atoms with Crippen LogP contribution in [0.15, 0.2) is 78.9 Å². The minimum absolute atomic E-state index is 0.155. The fraction of sp³-hybridized carbons (Fsp3) is 0.174. The molecule has 3 aromatic rings. The molecule has 29 heavy (non-hydrogen) atoms. The fourth-order valence-corrected chi connectivity index (χ4v) is 3.15. The van der Waals surface area contributed by atoms with Crippen LogP contribution in [0, 0.1) is 0 Å². The number of para-hydroxylation sites is 1. The van der Waals surface area contributed by atoms with Gasteiger partial charge in [0.2, 0.25) is 0 Å². The van der Waals surface area contributed by atoms with Gasteiger partial charge in [0.1, 0.15) is 6.54 Å². The van der Waals surface area contributed by atoms with E-state index in [1.807, 2.05) is 61.6 Å². The Labute approximate surface area is 167 Å². The average Bonchev–Trinajstić information content (AvgIpc) is 2.68. The highest BCUT2D eigenvalue weighted by molar-refractivity contribution is 5.96. The molecule has 1 atom stereocenters. The van der Waals surface area contributed by atoms with Crippen molar-refractivity contribution in [3.05, 3.63) is 90.0 Å². The van der Waals surface area contributed by atoms with Gasteiger partial charge in [-0.3, -0.25) is 4.79 Å². The van der Waals surface area contributed by atoms with Crippen LogP contribution in [0.3, 0.4) is 0 Å². The SMILES string of the molecule is C[NH+](CC(=O)Nc1ccccc1-c1ccccc1)Cc1ccc(C(F)(F)F)cc1. The van der Waals surface area contributed by atoms with E-state index in [9.17, 15) is 18.0 Å². The first kappa shape index (κ1) is 20.6. The van der Waals surface area contributed by atoms with Crippen molar-refractivity contribution in [3.63, 3.8) is 0 Å². The molecular weight excluding hydrogens is 377 g/mol. The zero-order valence-corrected chi connectivity index (χ0v) is 16.0. The lowest BCUT2D eigenvalue weighted by Crippen LogP contribution is -3.08. The topological polar surface area (TPSA) is 33.5 Å². The van der Waals surface area contributed by atoms with Crippen LogP contribution in [-0.4, -0.2) is 19.5 Å². The van der Waals surface area contributed by atoms with Crippen LogP contribution in [-0.2, 0) is 17.5 Å². The molecule has 0 radical (unpaired) electrons. The molecule has 6 heteroatoms. The molecule has 0 fully saturated rings. The molecule has 0 aliphatic rings. The largest absolute Gasteiger partial charge is 0.416 e. The molecule has 0 spiro atoms. The Hall–Kier alpha value is -3.12. The van der Waals surface area contributed by atoms with Crippen LogP contribution < -0.4 is 10.2 Å². The van der Waals surface area contributed by atoms with E-state index in [0.29, 0.717) is 6.54 Å². The molecule has 3 rings (SSSR count). The van der Waals surface area contributed by atoms with E-state index in [1.54, 1.807) is 0 Å². The molecule has 0 saturated heterocycles. The maximum atomic E-state index is 12.7. The van der Waals surface area contributed by atoms with E-state index in [2.05, 4.69) is 5.32 Å². The van der Waals surface area contributed by atoms with Gasteiger partial charge in [-0.05, 0) is 23.8 Å². The van der Waals surface area contributed by atoms with E-state index >= 15 is 0 Å². The second-order valence-corrected chi connectivity index (χ2v) is 6.97. The van der Waals surface area contributed by atoms with Crippen LogP contribution in [0.2, 0.25) is 0 Å². The first-order chi connectivity index (χ1) is 13.8. The highest BCUT2D eigenvalue weighted by Gasteiger charge is 2.30. The molecule has 3 aromatic carbocycles. The summed E-state index contributed by atoms with van der Waals surface area (Å²) in [5, 5.41) is 2.95. The van der Waals surface area contributed by atoms with E-state index in [4.69, 9.17) is 0 Å². The van der Waals surface area contributed by atoms with Crippen LogP contribution in [0.25, 0.3) is 11.1 Å². The Balaban J connectivity index is 1.61. The van der Waals surface area contributed by atoms with E-state index in [1.165, 1.54) is 12.1 Å². The first-order valence-corrected chi connectivity index (χ1v) is 9.24. The Bertz CT molecular complexity index is 954. The maximum Gasteiger partial charge on any atom is 0.416 e. The Morgan fingerprint density at radius 2 is 1.52 bits per heavy atom. The van der Waals surface area contributed by atoms with Crippen molar-refractivity contribution in [1.82, 2.24) is 0 Å². The van der Waals surface area contributed by atoms with Gasteiger partial charge in [0.25, 0.3) is 5.91 Å². The van der Waals surface area contributed by atoms with Crippen LogP contribution in [0.1, 0.15) is 11.1 Å². The highest BCUT2D eigenvalue weighted by atomic mass is 19.4. The molecule has 1 amide bonds. The number of hydrogen-bond donors (Lipinski definition) is 2. The minimum atomic E-state index is -4.34. The number of halogens is 3. The summed E-state index contributed by atoms with van der Waals surface area (Å²) < 4.78 is 38.0. The van der Waals surface area contributed by atoms with Crippen molar-refractivity contribution in [2.24, 2.45) is 0 Å². The van der Waals surface area contributed by atoms with Crippen molar-refractivity contribution in [2.45, 2.75) is 12.7 Å². The summed E-state index contributed by atoms with van der Waals surface area (Å²) in [7, 11) is 1.83. The maximum absolute atomic E-state index is 12.7. The van der Waals surface area contributed by atoms with Gasteiger partial charge in [-0.1, -0.05) is 60.7 Å². The lowest BCUT2D eigenvalue weighted by atomic mass is 10.0. The van der Waals surface area contributed by atoms with Crippen molar-refractivity contribution in [2.75, 3.05) is 18.9 Å². The summed E-state index contributed by atoms with van der Waals surface area (Å²) in [4.78, 5) is 13.4. The molecule has 0 saturated carbocycles. The second kappa shape index (κ2) is 8.92. The van der Waals surface area contributed by atoms with Crippen LogP contribution >= 0.6 is 0 Å². The smallest absolute Gasteiger partial charge is 0.326 e. The quantitative estimate of drug-likeness (QED) is 0.645. The number of carbonyl (C=O) groups is 1. The van der Waals surface area contributed by atoms with Gasteiger partial charge in [0.05, 0.1) is 12.6 Å². The number of anilines is 1. The van der Waals surface area contributed by atoms with Crippen molar-refractivity contribution >= 4 is 11.6 Å². The number of rotatable bonds is 6. The molecule has 0 aliphatic heterocycles. The molecule has 3 nitrogen and oxygen atoms in total. The predicted octanol–water partition coefficient (Wildman–Crippen LogP) is 4.03. The average molecular weight is 399 g/mol. The normalized spacial score (nSPS) is 12.4. The monoisotopic (exact) mass is 399 g/mol. The third-order valence-electron chi connectivity index (χ3n) is 4.54. The predicted molar refractivity (Wildman–Crippen MR) is 107 cm³/mol. The molecule has 1 unspecified atom stereocenters. The molecule has 2 N–H and O–H groups in total. The Morgan fingerprint density at radius 3 is 2.17 bits per heavy atom.